The summed E-state index contributed by atoms with van der Waals surface area (Å²) >= 11 is 0. The molecule has 18 heavy (non-hydrogen) atoms. The van der Waals surface area contributed by atoms with Crippen LogP contribution in [0.4, 0.5) is 0 Å². The average Bonchev–Trinajstić information content (AvgIpc) is 2.39. The third-order valence-electron chi connectivity index (χ3n) is 2.32. The van der Waals surface area contributed by atoms with Crippen molar-refractivity contribution in [3.63, 3.8) is 0 Å². The molecule has 0 aliphatic rings. The zero-order chi connectivity index (χ0) is 13.5. The maximum Gasteiger partial charge on any atom is 0.328 e. The van der Waals surface area contributed by atoms with Crippen LogP contribution in [0.15, 0.2) is 24.3 Å². The van der Waals surface area contributed by atoms with Gasteiger partial charge in [-0.05, 0) is 32.0 Å². The minimum absolute atomic E-state index is 0.290. The van der Waals surface area contributed by atoms with Gasteiger partial charge in [-0.3, -0.25) is 4.79 Å². The van der Waals surface area contributed by atoms with Gasteiger partial charge in [0.15, 0.2) is 0 Å². The summed E-state index contributed by atoms with van der Waals surface area (Å²) in [7, 11) is 1.53. The SMILES string of the molecule is CCOC(=O)C(C)NC(=O)c1cccc(OC)c1. The maximum absolute atomic E-state index is 11.9. The Morgan fingerprint density at radius 2 is 2.11 bits per heavy atom. The highest BCUT2D eigenvalue weighted by molar-refractivity contribution is 5.96. The van der Waals surface area contributed by atoms with E-state index in [4.69, 9.17) is 9.47 Å². The van der Waals surface area contributed by atoms with E-state index in [2.05, 4.69) is 5.32 Å². The van der Waals surface area contributed by atoms with Crippen LogP contribution in [0.3, 0.4) is 0 Å². The summed E-state index contributed by atoms with van der Waals surface area (Å²) in [6, 6.07) is 6.03. The topological polar surface area (TPSA) is 64.6 Å². The molecule has 1 rings (SSSR count). The normalized spacial score (nSPS) is 11.5. The number of ether oxygens (including phenoxy) is 2. The van der Waals surface area contributed by atoms with Gasteiger partial charge < -0.3 is 14.8 Å². The number of esters is 1. The molecule has 5 nitrogen and oxygen atoms in total. The molecule has 0 fully saturated rings. The van der Waals surface area contributed by atoms with E-state index in [1.54, 1.807) is 38.1 Å². The molecule has 1 aromatic carbocycles. The number of methoxy groups -OCH3 is 1. The molecule has 0 aliphatic carbocycles. The van der Waals surface area contributed by atoms with E-state index in [9.17, 15) is 9.59 Å². The van der Waals surface area contributed by atoms with Gasteiger partial charge in [0.1, 0.15) is 11.8 Å². The third-order valence-corrected chi connectivity index (χ3v) is 2.32. The first-order chi connectivity index (χ1) is 8.58. The molecule has 0 aliphatic heterocycles. The van der Waals surface area contributed by atoms with Crippen molar-refractivity contribution in [2.75, 3.05) is 13.7 Å². The van der Waals surface area contributed by atoms with E-state index in [-0.39, 0.29) is 12.5 Å². The maximum atomic E-state index is 11.9. The van der Waals surface area contributed by atoms with E-state index in [1.165, 1.54) is 7.11 Å². The highest BCUT2D eigenvalue weighted by Gasteiger charge is 2.17. The Hall–Kier alpha value is -2.04. The van der Waals surface area contributed by atoms with E-state index in [0.29, 0.717) is 11.3 Å². The lowest BCUT2D eigenvalue weighted by molar-refractivity contribution is -0.144. The summed E-state index contributed by atoms with van der Waals surface area (Å²) in [5.74, 6) is -0.199. The fourth-order valence-corrected chi connectivity index (χ4v) is 1.37. The molecule has 1 amide bonds. The van der Waals surface area contributed by atoms with Gasteiger partial charge in [0, 0.05) is 5.56 Å². The summed E-state index contributed by atoms with van der Waals surface area (Å²) < 4.78 is 9.83. The molecule has 98 valence electrons. The Balaban J connectivity index is 2.67. The summed E-state index contributed by atoms with van der Waals surface area (Å²) in [6.45, 7) is 3.59. The number of nitrogens with one attached hydrogen (secondary N) is 1. The number of carbonyl (C=O) groups is 2. The second kappa shape index (κ2) is 6.64. The number of carbonyl (C=O) groups excluding carboxylic acids is 2. The predicted octanol–water partition coefficient (Wildman–Crippen LogP) is 1.38. The van der Waals surface area contributed by atoms with E-state index < -0.39 is 12.0 Å². The van der Waals surface area contributed by atoms with Crippen molar-refractivity contribution in [3.8, 4) is 5.75 Å². The largest absolute Gasteiger partial charge is 0.497 e. The van der Waals surface area contributed by atoms with Crippen molar-refractivity contribution < 1.29 is 19.1 Å². The van der Waals surface area contributed by atoms with Crippen LogP contribution < -0.4 is 10.1 Å². The monoisotopic (exact) mass is 251 g/mol. The number of rotatable bonds is 5. The first-order valence-corrected chi connectivity index (χ1v) is 5.70. The van der Waals surface area contributed by atoms with Gasteiger partial charge in [-0.15, -0.1) is 0 Å². The van der Waals surface area contributed by atoms with Crippen LogP contribution in [0, 0.1) is 0 Å². The lowest BCUT2D eigenvalue weighted by Gasteiger charge is -2.12. The van der Waals surface area contributed by atoms with Crippen LogP contribution in [0.25, 0.3) is 0 Å². The van der Waals surface area contributed by atoms with Gasteiger partial charge in [0.05, 0.1) is 13.7 Å². The minimum Gasteiger partial charge on any atom is -0.497 e. The molecule has 0 saturated heterocycles. The first kappa shape index (κ1) is 14.0. The Morgan fingerprint density at radius 3 is 2.72 bits per heavy atom. The van der Waals surface area contributed by atoms with Crippen LogP contribution in [0.2, 0.25) is 0 Å². The van der Waals surface area contributed by atoms with Crippen LogP contribution in [-0.4, -0.2) is 31.6 Å². The third kappa shape index (κ3) is 3.76. The summed E-state index contributed by atoms with van der Waals surface area (Å²) in [6.07, 6.45) is 0. The molecule has 0 spiro atoms. The number of benzene rings is 1. The number of hydrogen-bond acceptors (Lipinski definition) is 4. The lowest BCUT2D eigenvalue weighted by Crippen LogP contribution is -2.39. The Kier molecular flexibility index (Phi) is 5.17. The van der Waals surface area contributed by atoms with Gasteiger partial charge >= 0.3 is 5.97 Å². The van der Waals surface area contributed by atoms with Crippen molar-refractivity contribution in [1.29, 1.82) is 0 Å². The van der Waals surface area contributed by atoms with E-state index >= 15 is 0 Å². The summed E-state index contributed by atoms with van der Waals surface area (Å²) in [4.78, 5) is 23.2. The van der Waals surface area contributed by atoms with Gasteiger partial charge in [-0.1, -0.05) is 6.07 Å². The zero-order valence-electron chi connectivity index (χ0n) is 10.7. The van der Waals surface area contributed by atoms with Crippen molar-refractivity contribution in [2.45, 2.75) is 19.9 Å². The average molecular weight is 251 g/mol. The lowest BCUT2D eigenvalue weighted by atomic mass is 10.2. The van der Waals surface area contributed by atoms with Crippen molar-refractivity contribution in [3.05, 3.63) is 29.8 Å². The highest BCUT2D eigenvalue weighted by atomic mass is 16.5. The van der Waals surface area contributed by atoms with Crippen LogP contribution in [-0.2, 0) is 9.53 Å². The van der Waals surface area contributed by atoms with Gasteiger partial charge in [0.25, 0.3) is 5.91 Å². The van der Waals surface area contributed by atoms with Crippen molar-refractivity contribution >= 4 is 11.9 Å². The standard InChI is InChI=1S/C13H17NO4/c1-4-18-13(16)9(2)14-12(15)10-6-5-7-11(8-10)17-3/h5-9H,4H2,1-3H3,(H,14,15). The molecule has 1 aromatic rings. The molecule has 5 heteroatoms. The Labute approximate surface area is 106 Å². The molecule has 0 heterocycles. The molecule has 0 aromatic heterocycles. The Morgan fingerprint density at radius 1 is 1.39 bits per heavy atom. The first-order valence-electron chi connectivity index (χ1n) is 5.70. The van der Waals surface area contributed by atoms with E-state index in [1.807, 2.05) is 0 Å². The number of hydrogen-bond donors (Lipinski definition) is 1. The smallest absolute Gasteiger partial charge is 0.328 e. The molecular formula is C13H17NO4. The predicted molar refractivity (Wildman–Crippen MR) is 66.6 cm³/mol. The molecule has 1 atom stereocenters. The van der Waals surface area contributed by atoms with Crippen LogP contribution in [0.1, 0.15) is 24.2 Å². The molecular weight excluding hydrogens is 234 g/mol. The number of amides is 1. The Bertz CT molecular complexity index is 431. The quantitative estimate of drug-likeness (QED) is 0.803. The van der Waals surface area contributed by atoms with Gasteiger partial charge in [-0.25, -0.2) is 4.79 Å². The molecule has 1 N–H and O–H groups in total. The highest BCUT2D eigenvalue weighted by Crippen LogP contribution is 2.12. The molecule has 0 radical (unpaired) electrons. The van der Waals surface area contributed by atoms with Gasteiger partial charge in [-0.2, -0.15) is 0 Å². The minimum atomic E-state index is -0.677. The second-order valence-electron chi connectivity index (χ2n) is 3.68. The molecule has 1 unspecified atom stereocenters. The van der Waals surface area contributed by atoms with Crippen molar-refractivity contribution in [1.82, 2.24) is 5.32 Å². The summed E-state index contributed by atoms with van der Waals surface area (Å²) in [5.41, 5.74) is 0.436. The fourth-order valence-electron chi connectivity index (χ4n) is 1.37. The summed E-state index contributed by atoms with van der Waals surface area (Å²) in [5, 5.41) is 2.56. The van der Waals surface area contributed by atoms with E-state index in [0.717, 1.165) is 0 Å². The van der Waals surface area contributed by atoms with Crippen molar-refractivity contribution in [2.24, 2.45) is 0 Å². The van der Waals surface area contributed by atoms with Gasteiger partial charge in [0.2, 0.25) is 0 Å². The molecule has 0 saturated carbocycles. The zero-order valence-corrected chi connectivity index (χ0v) is 10.7. The second-order valence-corrected chi connectivity index (χ2v) is 3.68. The molecule has 0 bridgehead atoms. The fraction of sp³-hybridized carbons (Fsp3) is 0.385. The van der Waals surface area contributed by atoms with Crippen LogP contribution >= 0.6 is 0 Å². The van der Waals surface area contributed by atoms with Crippen LogP contribution in [0.5, 0.6) is 5.75 Å².